The molecule has 3 N–H and O–H groups in total. The van der Waals surface area contributed by atoms with Crippen molar-refractivity contribution in [3.63, 3.8) is 0 Å². The van der Waals surface area contributed by atoms with Crippen molar-refractivity contribution in [2.75, 3.05) is 17.2 Å². The van der Waals surface area contributed by atoms with Gasteiger partial charge in [0.05, 0.1) is 6.10 Å². The van der Waals surface area contributed by atoms with E-state index in [1.54, 1.807) is 41.3 Å². The maximum atomic E-state index is 13.0. The number of aliphatic hydroxyl groups excluding tert-OH is 1. The Bertz CT molecular complexity index is 761. The molecule has 0 aliphatic carbocycles. The summed E-state index contributed by atoms with van der Waals surface area (Å²) in [6.07, 6.45) is 0.736. The molecule has 1 heterocycles. The van der Waals surface area contributed by atoms with Crippen molar-refractivity contribution in [1.29, 1.82) is 0 Å². The molecule has 1 aliphatic heterocycles. The zero-order valence-electron chi connectivity index (χ0n) is 12.9. The topological polar surface area (TPSA) is 66.6 Å². The summed E-state index contributed by atoms with van der Waals surface area (Å²) in [6.45, 7) is 2.44. The maximum Gasteiger partial charge on any atom is 0.258 e. The number of fused-ring (bicyclic) bond motifs is 1. The van der Waals surface area contributed by atoms with Crippen LogP contribution in [0.2, 0.25) is 5.02 Å². The number of halogens is 1. The van der Waals surface area contributed by atoms with Crippen molar-refractivity contribution in [2.45, 2.75) is 25.9 Å². The van der Waals surface area contributed by atoms with Crippen LogP contribution in [-0.2, 0) is 0 Å². The molecular formula is C18H19ClN2O2. The summed E-state index contributed by atoms with van der Waals surface area (Å²) in [5.41, 5.74) is 9.30. The number of carbonyl (C=O) groups excluding carboxylic acids is 1. The molecular weight excluding hydrogens is 312 g/mol. The van der Waals surface area contributed by atoms with Crippen LogP contribution in [0.25, 0.3) is 0 Å². The lowest BCUT2D eigenvalue weighted by Gasteiger charge is -2.24. The number of carbonyl (C=O) groups is 1. The van der Waals surface area contributed by atoms with Crippen LogP contribution in [0.4, 0.5) is 11.4 Å². The van der Waals surface area contributed by atoms with Gasteiger partial charge in [0.15, 0.2) is 0 Å². The highest BCUT2D eigenvalue weighted by Gasteiger charge is 2.27. The third kappa shape index (κ3) is 3.05. The second-order valence-electron chi connectivity index (χ2n) is 5.89. The maximum absolute atomic E-state index is 13.0. The van der Waals surface area contributed by atoms with Gasteiger partial charge in [-0.2, -0.15) is 0 Å². The molecule has 5 heteroatoms. The molecule has 3 rings (SSSR count). The number of rotatable bonds is 1. The third-order valence-electron chi connectivity index (χ3n) is 4.22. The molecule has 0 fully saturated rings. The Hall–Kier alpha value is -2.04. The number of hydrogen-bond acceptors (Lipinski definition) is 3. The number of aliphatic hydroxyl groups is 1. The van der Waals surface area contributed by atoms with E-state index in [1.165, 1.54) is 0 Å². The number of nitrogens with zero attached hydrogens (tertiary/aromatic N) is 1. The zero-order valence-corrected chi connectivity index (χ0v) is 13.7. The van der Waals surface area contributed by atoms with Crippen molar-refractivity contribution in [3.05, 3.63) is 58.1 Å². The minimum atomic E-state index is -0.603. The summed E-state index contributed by atoms with van der Waals surface area (Å²) < 4.78 is 0. The van der Waals surface area contributed by atoms with E-state index in [2.05, 4.69) is 0 Å². The molecule has 4 nitrogen and oxygen atoms in total. The number of amides is 1. The largest absolute Gasteiger partial charge is 0.399 e. The Balaban J connectivity index is 2.05. The molecule has 1 amide bonds. The van der Waals surface area contributed by atoms with Crippen LogP contribution in [0.5, 0.6) is 0 Å². The number of aryl methyl sites for hydroxylation is 1. The highest BCUT2D eigenvalue weighted by Crippen LogP contribution is 2.35. The van der Waals surface area contributed by atoms with Crippen molar-refractivity contribution in [3.8, 4) is 0 Å². The number of nitrogens with two attached hydrogens (primary N) is 1. The van der Waals surface area contributed by atoms with Gasteiger partial charge in [0.1, 0.15) is 0 Å². The highest BCUT2D eigenvalue weighted by atomic mass is 35.5. The van der Waals surface area contributed by atoms with Crippen molar-refractivity contribution in [1.82, 2.24) is 0 Å². The van der Waals surface area contributed by atoms with E-state index in [0.717, 1.165) is 17.7 Å². The Labute approximate surface area is 140 Å². The van der Waals surface area contributed by atoms with Gasteiger partial charge < -0.3 is 15.7 Å². The molecule has 120 valence electrons. The summed E-state index contributed by atoms with van der Waals surface area (Å²) in [4.78, 5) is 14.7. The van der Waals surface area contributed by atoms with E-state index >= 15 is 0 Å². The van der Waals surface area contributed by atoms with Crippen molar-refractivity contribution >= 4 is 28.9 Å². The quantitative estimate of drug-likeness (QED) is 0.783. The Morgan fingerprint density at radius 1 is 1.30 bits per heavy atom. The highest BCUT2D eigenvalue weighted by molar-refractivity contribution is 6.30. The van der Waals surface area contributed by atoms with E-state index in [-0.39, 0.29) is 5.91 Å². The molecule has 0 spiro atoms. The predicted molar refractivity (Wildman–Crippen MR) is 92.9 cm³/mol. The van der Waals surface area contributed by atoms with Gasteiger partial charge in [0.2, 0.25) is 0 Å². The minimum Gasteiger partial charge on any atom is -0.399 e. The van der Waals surface area contributed by atoms with E-state index in [4.69, 9.17) is 17.3 Å². The Morgan fingerprint density at radius 3 is 2.83 bits per heavy atom. The third-order valence-corrected chi connectivity index (χ3v) is 4.46. The second-order valence-corrected chi connectivity index (χ2v) is 6.33. The van der Waals surface area contributed by atoms with Crippen LogP contribution in [-0.4, -0.2) is 17.6 Å². The summed E-state index contributed by atoms with van der Waals surface area (Å²) in [7, 11) is 0. The summed E-state index contributed by atoms with van der Waals surface area (Å²) in [5.74, 6) is -0.0832. The second kappa shape index (κ2) is 6.22. The summed E-state index contributed by atoms with van der Waals surface area (Å²) in [5, 5.41) is 10.9. The van der Waals surface area contributed by atoms with Crippen LogP contribution in [0.3, 0.4) is 0 Å². The van der Waals surface area contributed by atoms with Crippen molar-refractivity contribution in [2.24, 2.45) is 0 Å². The van der Waals surface area contributed by atoms with E-state index < -0.39 is 6.10 Å². The molecule has 2 aromatic rings. The number of anilines is 2. The SMILES string of the molecule is Cc1cc(N)ccc1C(=O)N1CCCC(O)c2cc(Cl)ccc21. The fraction of sp³-hybridized carbons (Fsp3) is 0.278. The van der Waals surface area contributed by atoms with E-state index in [0.29, 0.717) is 34.8 Å². The normalized spacial score (nSPS) is 17.5. The Kier molecular flexibility index (Phi) is 4.28. The number of benzene rings is 2. The average Bonchev–Trinajstić information content (AvgIpc) is 2.66. The van der Waals surface area contributed by atoms with Gasteiger partial charge in [0.25, 0.3) is 5.91 Å². The monoisotopic (exact) mass is 330 g/mol. The van der Waals surface area contributed by atoms with Gasteiger partial charge in [-0.25, -0.2) is 0 Å². The molecule has 2 aromatic carbocycles. The average molecular weight is 331 g/mol. The lowest BCUT2D eigenvalue weighted by atomic mass is 10.0. The van der Waals surface area contributed by atoms with Crippen LogP contribution in [0.1, 0.15) is 40.4 Å². The van der Waals surface area contributed by atoms with Gasteiger partial charge in [-0.1, -0.05) is 11.6 Å². The minimum absolute atomic E-state index is 0.0832. The first-order chi connectivity index (χ1) is 11.0. The molecule has 0 radical (unpaired) electrons. The van der Waals surface area contributed by atoms with Gasteiger partial charge in [-0.3, -0.25) is 4.79 Å². The van der Waals surface area contributed by atoms with Gasteiger partial charge in [-0.15, -0.1) is 0 Å². The molecule has 0 bridgehead atoms. The summed E-state index contributed by atoms with van der Waals surface area (Å²) in [6, 6.07) is 10.6. The van der Waals surface area contributed by atoms with Gasteiger partial charge >= 0.3 is 0 Å². The molecule has 0 saturated carbocycles. The first kappa shape index (κ1) is 15.8. The standard InChI is InChI=1S/C18H19ClN2O2/c1-11-9-13(20)5-6-14(11)18(23)21-8-2-3-17(22)15-10-12(19)4-7-16(15)21/h4-7,9-10,17,22H,2-3,8,20H2,1H3. The van der Waals surface area contributed by atoms with E-state index in [9.17, 15) is 9.90 Å². The lowest BCUT2D eigenvalue weighted by molar-refractivity contribution is 0.0986. The first-order valence-corrected chi connectivity index (χ1v) is 8.00. The van der Waals surface area contributed by atoms with Crippen molar-refractivity contribution < 1.29 is 9.90 Å². The summed E-state index contributed by atoms with van der Waals surface area (Å²) >= 11 is 6.05. The van der Waals surface area contributed by atoms with E-state index in [1.807, 2.05) is 6.92 Å². The zero-order chi connectivity index (χ0) is 16.6. The predicted octanol–water partition coefficient (Wildman–Crippen LogP) is 3.70. The fourth-order valence-corrected chi connectivity index (χ4v) is 3.22. The van der Waals surface area contributed by atoms with Crippen LogP contribution >= 0.6 is 11.6 Å². The molecule has 0 aromatic heterocycles. The molecule has 1 atom stereocenters. The molecule has 1 aliphatic rings. The molecule has 0 saturated heterocycles. The Morgan fingerprint density at radius 2 is 2.09 bits per heavy atom. The smallest absolute Gasteiger partial charge is 0.258 e. The van der Waals surface area contributed by atoms with Gasteiger partial charge in [0, 0.05) is 34.1 Å². The van der Waals surface area contributed by atoms with Crippen LogP contribution in [0.15, 0.2) is 36.4 Å². The molecule has 23 heavy (non-hydrogen) atoms. The lowest BCUT2D eigenvalue weighted by Crippen LogP contribution is -2.32. The van der Waals surface area contributed by atoms with Crippen LogP contribution < -0.4 is 10.6 Å². The number of nitrogen functional groups attached to an aromatic ring is 1. The number of hydrogen-bond donors (Lipinski definition) is 2. The first-order valence-electron chi connectivity index (χ1n) is 7.63. The van der Waals surface area contributed by atoms with Gasteiger partial charge in [-0.05, 0) is 61.7 Å². The molecule has 1 unspecified atom stereocenters. The van der Waals surface area contributed by atoms with Crippen LogP contribution in [0, 0.1) is 6.92 Å². The fourth-order valence-electron chi connectivity index (χ4n) is 3.04.